The summed E-state index contributed by atoms with van der Waals surface area (Å²) in [5.74, 6) is 0.918. The van der Waals surface area contributed by atoms with E-state index in [4.69, 9.17) is 0 Å². The lowest BCUT2D eigenvalue weighted by Gasteiger charge is -2.36. The highest BCUT2D eigenvalue weighted by Crippen LogP contribution is 2.24. The van der Waals surface area contributed by atoms with E-state index in [1.54, 1.807) is 11.8 Å². The molecule has 4 aromatic rings. The van der Waals surface area contributed by atoms with Gasteiger partial charge in [0, 0.05) is 60.5 Å². The molecule has 1 saturated heterocycles. The molecule has 0 aliphatic carbocycles. The van der Waals surface area contributed by atoms with Crippen LogP contribution in [0.1, 0.15) is 21.6 Å². The Bertz CT molecular complexity index is 1190. The maximum atomic E-state index is 13.0. The fourth-order valence-electron chi connectivity index (χ4n) is 4.08. The number of aryl methyl sites for hydroxylation is 1. The van der Waals surface area contributed by atoms with Crippen LogP contribution in [0.2, 0.25) is 0 Å². The quantitative estimate of drug-likeness (QED) is 0.412. The number of pyridine rings is 1. The van der Waals surface area contributed by atoms with Gasteiger partial charge in [-0.15, -0.1) is 11.8 Å². The average molecular weight is 443 g/mol. The Labute approximate surface area is 192 Å². The number of rotatable bonds is 5. The Hall–Kier alpha value is -3.25. The van der Waals surface area contributed by atoms with Crippen LogP contribution < -0.4 is 4.90 Å². The van der Waals surface area contributed by atoms with E-state index >= 15 is 0 Å². The van der Waals surface area contributed by atoms with Crippen LogP contribution >= 0.6 is 11.8 Å². The molecule has 0 spiro atoms. The summed E-state index contributed by atoms with van der Waals surface area (Å²) in [6.45, 7) is 5.33. The van der Waals surface area contributed by atoms with Crippen LogP contribution in [0, 0.1) is 6.92 Å². The number of thioether (sulfide) groups is 1. The lowest BCUT2D eigenvalue weighted by Crippen LogP contribution is -2.48. The van der Waals surface area contributed by atoms with Crippen molar-refractivity contribution >= 4 is 29.0 Å². The van der Waals surface area contributed by atoms with Crippen molar-refractivity contribution in [1.29, 1.82) is 0 Å². The van der Waals surface area contributed by atoms with Gasteiger partial charge in [-0.1, -0.05) is 18.2 Å². The summed E-state index contributed by atoms with van der Waals surface area (Å²) < 4.78 is 2.04. The van der Waals surface area contributed by atoms with Gasteiger partial charge >= 0.3 is 0 Å². The van der Waals surface area contributed by atoms with Crippen molar-refractivity contribution in [2.45, 2.75) is 17.6 Å². The van der Waals surface area contributed by atoms with E-state index in [0.717, 1.165) is 53.7 Å². The number of amides is 1. The third-order valence-electron chi connectivity index (χ3n) is 5.84. The molecule has 6 heteroatoms. The molecule has 0 saturated carbocycles. The average Bonchev–Trinajstić information content (AvgIpc) is 3.26. The highest BCUT2D eigenvalue weighted by Gasteiger charge is 2.22. The molecule has 5 nitrogen and oxygen atoms in total. The minimum Gasteiger partial charge on any atom is -0.368 e. The number of anilines is 1. The summed E-state index contributed by atoms with van der Waals surface area (Å²) in [6.07, 6.45) is 4.08. The largest absolute Gasteiger partial charge is 0.368 e. The second kappa shape index (κ2) is 9.09. The second-order valence-corrected chi connectivity index (χ2v) is 9.18. The number of carbonyl (C=O) groups excluding carboxylic acids is 1. The summed E-state index contributed by atoms with van der Waals surface area (Å²) in [7, 11) is 0. The first-order valence-corrected chi connectivity index (χ1v) is 11.9. The minimum absolute atomic E-state index is 0.116. The van der Waals surface area contributed by atoms with Gasteiger partial charge in [-0.05, 0) is 61.0 Å². The topological polar surface area (TPSA) is 40.9 Å². The van der Waals surface area contributed by atoms with Crippen molar-refractivity contribution in [3.05, 3.63) is 95.9 Å². The van der Waals surface area contributed by atoms with Gasteiger partial charge in [0.25, 0.3) is 5.91 Å². The Balaban J connectivity index is 1.16. The van der Waals surface area contributed by atoms with Crippen molar-refractivity contribution in [3.63, 3.8) is 0 Å². The van der Waals surface area contributed by atoms with Crippen LogP contribution in [0.3, 0.4) is 0 Å². The van der Waals surface area contributed by atoms with E-state index in [0.29, 0.717) is 0 Å². The van der Waals surface area contributed by atoms with Crippen LogP contribution in [-0.4, -0.2) is 46.4 Å². The molecule has 1 fully saturated rings. The lowest BCUT2D eigenvalue weighted by molar-refractivity contribution is 0.0746. The maximum absolute atomic E-state index is 13.0. The molecule has 2 aromatic heterocycles. The highest BCUT2D eigenvalue weighted by molar-refractivity contribution is 7.98. The second-order valence-electron chi connectivity index (χ2n) is 8.13. The van der Waals surface area contributed by atoms with Gasteiger partial charge in [0.05, 0.1) is 5.69 Å². The standard InChI is InChI=1S/C26H26N4OS/c1-20-5-4-6-23(17-20)28-13-15-29(16-14-28)26(31)21-8-10-24(11-9-21)32-19-22-18-30-12-3-2-7-25(30)27-22/h2-12,17-18H,13-16,19H2,1H3. The molecule has 0 bridgehead atoms. The fraction of sp³-hybridized carbons (Fsp3) is 0.231. The third-order valence-corrected chi connectivity index (χ3v) is 6.88. The number of aromatic nitrogens is 2. The Morgan fingerprint density at radius 1 is 0.969 bits per heavy atom. The number of benzene rings is 2. The van der Waals surface area contributed by atoms with Crippen molar-refractivity contribution in [3.8, 4) is 0 Å². The molecule has 0 unspecified atom stereocenters. The van der Waals surface area contributed by atoms with Crippen LogP contribution in [0.15, 0.2) is 84.0 Å². The van der Waals surface area contributed by atoms with Gasteiger partial charge in [-0.2, -0.15) is 0 Å². The molecule has 1 amide bonds. The Kier molecular flexibility index (Phi) is 5.86. The number of nitrogens with zero attached hydrogens (tertiary/aromatic N) is 4. The van der Waals surface area contributed by atoms with Gasteiger partial charge < -0.3 is 14.2 Å². The smallest absolute Gasteiger partial charge is 0.253 e. The first kappa shape index (κ1) is 20.6. The number of imidazole rings is 1. The molecule has 3 heterocycles. The van der Waals surface area contributed by atoms with Gasteiger partial charge in [0.1, 0.15) is 5.65 Å². The van der Waals surface area contributed by atoms with E-state index < -0.39 is 0 Å². The molecule has 1 aliphatic rings. The first-order valence-electron chi connectivity index (χ1n) is 10.9. The predicted octanol–water partition coefficient (Wildman–Crippen LogP) is 4.90. The molecule has 5 rings (SSSR count). The van der Waals surface area contributed by atoms with Crippen molar-refractivity contribution in [2.24, 2.45) is 0 Å². The molecule has 162 valence electrons. The number of hydrogen-bond acceptors (Lipinski definition) is 4. The monoisotopic (exact) mass is 442 g/mol. The van der Waals surface area contributed by atoms with Crippen molar-refractivity contribution < 1.29 is 4.79 Å². The number of hydrogen-bond donors (Lipinski definition) is 0. The fourth-order valence-corrected chi connectivity index (χ4v) is 4.86. The molecular formula is C26H26N4OS. The van der Waals surface area contributed by atoms with E-state index in [-0.39, 0.29) is 5.91 Å². The van der Waals surface area contributed by atoms with E-state index in [2.05, 4.69) is 47.3 Å². The summed E-state index contributed by atoms with van der Waals surface area (Å²) in [5.41, 5.74) is 5.27. The predicted molar refractivity (Wildman–Crippen MR) is 130 cm³/mol. The summed E-state index contributed by atoms with van der Waals surface area (Å²) >= 11 is 1.74. The molecule has 0 atom stereocenters. The van der Waals surface area contributed by atoms with Gasteiger partial charge in [0.2, 0.25) is 0 Å². The van der Waals surface area contributed by atoms with E-state index in [9.17, 15) is 4.79 Å². The highest BCUT2D eigenvalue weighted by atomic mass is 32.2. The van der Waals surface area contributed by atoms with Gasteiger partial charge in [-0.25, -0.2) is 4.98 Å². The van der Waals surface area contributed by atoms with Gasteiger partial charge in [-0.3, -0.25) is 4.79 Å². The number of carbonyl (C=O) groups is 1. The molecular weight excluding hydrogens is 416 g/mol. The summed E-state index contributed by atoms with van der Waals surface area (Å²) in [5, 5.41) is 0. The zero-order valence-corrected chi connectivity index (χ0v) is 19.0. The minimum atomic E-state index is 0.116. The Morgan fingerprint density at radius 2 is 1.78 bits per heavy atom. The van der Waals surface area contributed by atoms with Crippen LogP contribution in [0.4, 0.5) is 5.69 Å². The van der Waals surface area contributed by atoms with Crippen LogP contribution in [-0.2, 0) is 5.75 Å². The van der Waals surface area contributed by atoms with E-state index in [1.807, 2.05) is 58.0 Å². The third kappa shape index (κ3) is 4.50. The van der Waals surface area contributed by atoms with Gasteiger partial charge in [0.15, 0.2) is 0 Å². The van der Waals surface area contributed by atoms with Crippen molar-refractivity contribution in [1.82, 2.24) is 14.3 Å². The molecule has 32 heavy (non-hydrogen) atoms. The first-order chi connectivity index (χ1) is 15.7. The summed E-state index contributed by atoms with van der Waals surface area (Å²) in [6, 6.07) is 22.5. The van der Waals surface area contributed by atoms with Crippen LogP contribution in [0.25, 0.3) is 5.65 Å². The van der Waals surface area contributed by atoms with Crippen LogP contribution in [0.5, 0.6) is 0 Å². The molecule has 0 N–H and O–H groups in total. The number of fused-ring (bicyclic) bond motifs is 1. The lowest BCUT2D eigenvalue weighted by atomic mass is 10.1. The van der Waals surface area contributed by atoms with E-state index in [1.165, 1.54) is 11.3 Å². The zero-order valence-electron chi connectivity index (χ0n) is 18.1. The molecule has 1 aliphatic heterocycles. The molecule has 0 radical (unpaired) electrons. The summed E-state index contributed by atoms with van der Waals surface area (Å²) in [4.78, 5) is 23.1. The number of piperazine rings is 1. The normalized spacial score (nSPS) is 14.2. The molecule has 2 aromatic carbocycles. The maximum Gasteiger partial charge on any atom is 0.253 e. The SMILES string of the molecule is Cc1cccc(N2CCN(C(=O)c3ccc(SCc4cn5ccccc5n4)cc3)CC2)c1. The zero-order chi connectivity index (χ0) is 21.9. The van der Waals surface area contributed by atoms with Crippen molar-refractivity contribution in [2.75, 3.05) is 31.1 Å². The Morgan fingerprint density at radius 3 is 2.53 bits per heavy atom.